The molecule has 1 amide bonds. The van der Waals surface area contributed by atoms with Crippen molar-refractivity contribution in [1.82, 2.24) is 9.88 Å². The van der Waals surface area contributed by atoms with E-state index in [1.54, 1.807) is 19.5 Å². The van der Waals surface area contributed by atoms with Crippen LogP contribution in [0.4, 0.5) is 11.4 Å². The third-order valence-corrected chi connectivity index (χ3v) is 3.64. The summed E-state index contributed by atoms with van der Waals surface area (Å²) in [4.78, 5) is 18.7. The molecule has 0 fully saturated rings. The van der Waals surface area contributed by atoms with Gasteiger partial charge in [-0.05, 0) is 43.2 Å². The van der Waals surface area contributed by atoms with Gasteiger partial charge in [0.25, 0.3) is 5.91 Å². The molecule has 1 N–H and O–H groups in total. The molecular weight excluding hydrogens is 302 g/mol. The van der Waals surface area contributed by atoms with E-state index in [1.807, 2.05) is 35.2 Å². The first-order chi connectivity index (χ1) is 11.7. The summed E-state index contributed by atoms with van der Waals surface area (Å²) in [6.07, 6.45) is 5.23. The predicted molar refractivity (Wildman–Crippen MR) is 97.0 cm³/mol. The quantitative estimate of drug-likeness (QED) is 0.793. The highest BCUT2D eigenvalue weighted by atomic mass is 16.5. The van der Waals surface area contributed by atoms with E-state index in [9.17, 15) is 4.79 Å². The lowest BCUT2D eigenvalue weighted by Gasteiger charge is -2.21. The van der Waals surface area contributed by atoms with Crippen molar-refractivity contribution in [3.05, 3.63) is 48.3 Å². The summed E-state index contributed by atoms with van der Waals surface area (Å²) in [7, 11) is 1.64. The van der Waals surface area contributed by atoms with E-state index in [0.717, 1.165) is 43.1 Å². The molecule has 0 bridgehead atoms. The molecule has 0 aliphatic carbocycles. The van der Waals surface area contributed by atoms with Crippen LogP contribution in [0.3, 0.4) is 0 Å². The van der Waals surface area contributed by atoms with Crippen LogP contribution >= 0.6 is 0 Å². The highest BCUT2D eigenvalue weighted by molar-refractivity contribution is 5.94. The first kappa shape index (κ1) is 17.8. The molecule has 0 unspecified atom stereocenters. The second-order valence-electron chi connectivity index (χ2n) is 5.61. The van der Waals surface area contributed by atoms with Crippen molar-refractivity contribution in [3.8, 4) is 5.75 Å². The van der Waals surface area contributed by atoms with Crippen LogP contribution in [0.2, 0.25) is 0 Å². The lowest BCUT2D eigenvalue weighted by molar-refractivity contribution is 0.0755. The van der Waals surface area contributed by atoms with Gasteiger partial charge in [0.1, 0.15) is 5.75 Å². The van der Waals surface area contributed by atoms with Crippen molar-refractivity contribution in [3.63, 3.8) is 0 Å². The number of rotatable bonds is 8. The molecule has 0 saturated carbocycles. The number of nitrogens with one attached hydrogen (secondary N) is 1. The highest BCUT2D eigenvalue weighted by Crippen LogP contribution is 2.20. The molecule has 5 heteroatoms. The van der Waals surface area contributed by atoms with Crippen molar-refractivity contribution in [1.29, 1.82) is 0 Å². The molecule has 0 spiro atoms. The number of benzene rings is 1. The molecule has 2 rings (SSSR count). The summed E-state index contributed by atoms with van der Waals surface area (Å²) in [5.74, 6) is 0.835. The van der Waals surface area contributed by atoms with Crippen LogP contribution < -0.4 is 10.1 Å². The van der Waals surface area contributed by atoms with Crippen molar-refractivity contribution >= 4 is 17.3 Å². The standard InChI is InChI=1S/C19H25N3O2/c1-4-10-22(11-5-2)19(23)15-12-17(14-20-13-15)21-16-6-8-18(24-3)9-7-16/h6-9,12-14,21H,4-5,10-11H2,1-3H3. The average Bonchev–Trinajstić information content (AvgIpc) is 2.62. The van der Waals surface area contributed by atoms with Crippen LogP contribution in [0.1, 0.15) is 37.0 Å². The largest absolute Gasteiger partial charge is 0.497 e. The lowest BCUT2D eigenvalue weighted by atomic mass is 10.2. The molecule has 24 heavy (non-hydrogen) atoms. The number of aromatic nitrogens is 1. The number of methoxy groups -OCH3 is 1. The summed E-state index contributed by atoms with van der Waals surface area (Å²) >= 11 is 0. The van der Waals surface area contributed by atoms with E-state index < -0.39 is 0 Å². The molecule has 2 aromatic rings. The molecule has 0 atom stereocenters. The smallest absolute Gasteiger partial charge is 0.255 e. The van der Waals surface area contributed by atoms with E-state index in [2.05, 4.69) is 24.1 Å². The maximum Gasteiger partial charge on any atom is 0.255 e. The Morgan fingerprint density at radius 2 is 1.75 bits per heavy atom. The number of nitrogens with zero attached hydrogens (tertiary/aromatic N) is 2. The highest BCUT2D eigenvalue weighted by Gasteiger charge is 2.15. The van der Waals surface area contributed by atoms with Gasteiger partial charge in [-0.3, -0.25) is 9.78 Å². The molecule has 0 aliphatic heterocycles. The Balaban J connectivity index is 2.13. The second-order valence-corrected chi connectivity index (χ2v) is 5.61. The molecule has 0 aliphatic rings. The van der Waals surface area contributed by atoms with E-state index in [0.29, 0.717) is 5.56 Å². The summed E-state index contributed by atoms with van der Waals surface area (Å²) in [5, 5.41) is 3.26. The first-order valence-electron chi connectivity index (χ1n) is 8.33. The SMILES string of the molecule is CCCN(CCC)C(=O)c1cncc(Nc2ccc(OC)cc2)c1. The van der Waals surface area contributed by atoms with Gasteiger partial charge in [0.2, 0.25) is 0 Å². The summed E-state index contributed by atoms with van der Waals surface area (Å²) in [5.41, 5.74) is 2.32. The van der Waals surface area contributed by atoms with Crippen LogP contribution in [-0.4, -0.2) is 36.0 Å². The summed E-state index contributed by atoms with van der Waals surface area (Å²) in [6.45, 7) is 5.69. The Morgan fingerprint density at radius 3 is 2.33 bits per heavy atom. The predicted octanol–water partition coefficient (Wildman–Crippen LogP) is 4.10. The van der Waals surface area contributed by atoms with Crippen LogP contribution in [-0.2, 0) is 0 Å². The van der Waals surface area contributed by atoms with Gasteiger partial charge < -0.3 is 15.0 Å². The normalized spacial score (nSPS) is 10.3. The minimum Gasteiger partial charge on any atom is -0.497 e. The molecule has 5 nitrogen and oxygen atoms in total. The molecule has 1 heterocycles. The third kappa shape index (κ3) is 4.72. The Kier molecular flexibility index (Phi) is 6.61. The zero-order valence-electron chi connectivity index (χ0n) is 14.6. The number of carbonyl (C=O) groups excluding carboxylic acids is 1. The van der Waals surface area contributed by atoms with E-state index in [-0.39, 0.29) is 5.91 Å². The van der Waals surface area contributed by atoms with Gasteiger partial charge in [-0.25, -0.2) is 0 Å². The minimum atomic E-state index is 0.0320. The van der Waals surface area contributed by atoms with Crippen molar-refractivity contribution in [2.75, 3.05) is 25.5 Å². The maximum absolute atomic E-state index is 12.7. The molecule has 1 aromatic carbocycles. The molecular formula is C19H25N3O2. The zero-order chi connectivity index (χ0) is 17.4. The Morgan fingerprint density at radius 1 is 1.08 bits per heavy atom. The van der Waals surface area contributed by atoms with E-state index in [1.165, 1.54) is 0 Å². The van der Waals surface area contributed by atoms with Crippen LogP contribution in [0.25, 0.3) is 0 Å². The van der Waals surface area contributed by atoms with Gasteiger partial charge in [-0.1, -0.05) is 13.8 Å². The van der Waals surface area contributed by atoms with Gasteiger partial charge in [0.15, 0.2) is 0 Å². The fourth-order valence-corrected chi connectivity index (χ4v) is 2.50. The van der Waals surface area contributed by atoms with Gasteiger partial charge in [-0.15, -0.1) is 0 Å². The molecule has 0 saturated heterocycles. The van der Waals surface area contributed by atoms with E-state index >= 15 is 0 Å². The number of ether oxygens (including phenoxy) is 1. The van der Waals surface area contributed by atoms with Crippen molar-refractivity contribution in [2.24, 2.45) is 0 Å². The van der Waals surface area contributed by atoms with E-state index in [4.69, 9.17) is 4.74 Å². The third-order valence-electron chi connectivity index (χ3n) is 3.64. The Labute approximate surface area is 143 Å². The number of hydrogen-bond donors (Lipinski definition) is 1. The first-order valence-corrected chi connectivity index (χ1v) is 8.33. The number of anilines is 2. The summed E-state index contributed by atoms with van der Waals surface area (Å²) < 4.78 is 5.15. The van der Waals surface area contributed by atoms with Crippen LogP contribution in [0, 0.1) is 0 Å². The Bertz CT molecular complexity index is 650. The topological polar surface area (TPSA) is 54.5 Å². The molecule has 128 valence electrons. The number of pyridine rings is 1. The number of carbonyl (C=O) groups is 1. The van der Waals surface area contributed by atoms with Gasteiger partial charge in [0.05, 0.1) is 24.6 Å². The second kappa shape index (κ2) is 8.91. The monoisotopic (exact) mass is 327 g/mol. The van der Waals surface area contributed by atoms with Crippen LogP contribution in [0.5, 0.6) is 5.75 Å². The molecule has 0 radical (unpaired) electrons. The van der Waals surface area contributed by atoms with Gasteiger partial charge in [0, 0.05) is 25.0 Å². The minimum absolute atomic E-state index is 0.0320. The van der Waals surface area contributed by atoms with Crippen molar-refractivity contribution < 1.29 is 9.53 Å². The molecule has 1 aromatic heterocycles. The average molecular weight is 327 g/mol. The summed E-state index contributed by atoms with van der Waals surface area (Å²) in [6, 6.07) is 9.46. The fourth-order valence-electron chi connectivity index (χ4n) is 2.50. The zero-order valence-corrected chi connectivity index (χ0v) is 14.6. The van der Waals surface area contributed by atoms with Gasteiger partial charge in [-0.2, -0.15) is 0 Å². The fraction of sp³-hybridized carbons (Fsp3) is 0.368. The van der Waals surface area contributed by atoms with Crippen LogP contribution in [0.15, 0.2) is 42.7 Å². The maximum atomic E-state index is 12.7. The van der Waals surface area contributed by atoms with Gasteiger partial charge >= 0.3 is 0 Å². The lowest BCUT2D eigenvalue weighted by Crippen LogP contribution is -2.32. The number of hydrogen-bond acceptors (Lipinski definition) is 4. The number of amides is 1. The van der Waals surface area contributed by atoms with Crippen molar-refractivity contribution in [2.45, 2.75) is 26.7 Å². The Hall–Kier alpha value is -2.56.